The van der Waals surface area contributed by atoms with Crippen LogP contribution in [-0.2, 0) is 4.74 Å². The number of aliphatic hydroxyl groups is 1. The van der Waals surface area contributed by atoms with Crippen molar-refractivity contribution in [3.8, 4) is 0 Å². The zero-order valence-corrected chi connectivity index (χ0v) is 7.05. The average Bonchev–Trinajstić information content (AvgIpc) is 2.38. The summed E-state index contributed by atoms with van der Waals surface area (Å²) < 4.78 is 5.44. The molecule has 0 amide bonds. The lowest BCUT2D eigenvalue weighted by atomic mass is 10.1. The Morgan fingerprint density at radius 1 is 1.64 bits per heavy atom. The molecule has 3 nitrogen and oxygen atoms in total. The summed E-state index contributed by atoms with van der Waals surface area (Å²) in [7, 11) is 0. The highest BCUT2D eigenvalue weighted by atomic mass is 16.5. The van der Waals surface area contributed by atoms with Gasteiger partial charge in [-0.25, -0.2) is 0 Å². The Morgan fingerprint density at radius 2 is 2.45 bits per heavy atom. The van der Waals surface area contributed by atoms with Crippen molar-refractivity contribution >= 4 is 0 Å². The molecular formula is C8H17NO2. The fourth-order valence-corrected chi connectivity index (χ4v) is 1.52. The number of hydrogen-bond acceptors (Lipinski definition) is 3. The molecule has 1 fully saturated rings. The van der Waals surface area contributed by atoms with E-state index in [4.69, 9.17) is 9.84 Å². The first kappa shape index (κ1) is 8.97. The van der Waals surface area contributed by atoms with Gasteiger partial charge < -0.3 is 15.2 Å². The third-order valence-electron chi connectivity index (χ3n) is 2.06. The third kappa shape index (κ3) is 2.77. The second kappa shape index (κ2) is 4.70. The number of aliphatic hydroxyl groups excluding tert-OH is 1. The molecule has 11 heavy (non-hydrogen) atoms. The molecule has 0 aliphatic carbocycles. The van der Waals surface area contributed by atoms with Gasteiger partial charge in [-0.1, -0.05) is 0 Å². The number of hydrogen-bond donors (Lipinski definition) is 2. The Labute approximate surface area is 67.7 Å². The number of nitrogens with one attached hydrogen (secondary N) is 1. The fourth-order valence-electron chi connectivity index (χ4n) is 1.52. The maximum Gasteiger partial charge on any atom is 0.0714 e. The van der Waals surface area contributed by atoms with E-state index in [9.17, 15) is 0 Å². The molecule has 2 N–H and O–H groups in total. The van der Waals surface area contributed by atoms with Gasteiger partial charge in [0.15, 0.2) is 0 Å². The first-order valence-corrected chi connectivity index (χ1v) is 4.32. The molecule has 2 atom stereocenters. The molecule has 0 spiro atoms. The highest BCUT2D eigenvalue weighted by molar-refractivity contribution is 4.81. The Hall–Kier alpha value is -0.120. The highest BCUT2D eigenvalue weighted by Crippen LogP contribution is 2.12. The molecule has 1 unspecified atom stereocenters. The van der Waals surface area contributed by atoms with E-state index in [-0.39, 0.29) is 6.61 Å². The van der Waals surface area contributed by atoms with E-state index >= 15 is 0 Å². The van der Waals surface area contributed by atoms with Gasteiger partial charge in [0.25, 0.3) is 0 Å². The predicted octanol–water partition coefficient (Wildman–Crippen LogP) is 0.136. The van der Waals surface area contributed by atoms with Crippen LogP contribution in [0.3, 0.4) is 0 Å². The maximum atomic E-state index is 8.66. The van der Waals surface area contributed by atoms with Crippen molar-refractivity contribution in [1.82, 2.24) is 5.32 Å². The maximum absolute atomic E-state index is 8.66. The van der Waals surface area contributed by atoms with Crippen molar-refractivity contribution in [2.45, 2.75) is 31.9 Å². The van der Waals surface area contributed by atoms with Crippen LogP contribution in [0, 0.1) is 0 Å². The standard InChI is InChI=1S/C8H17NO2/c1-2-11-8-5-7(3-4-10)9-6-8/h7-10H,2-6H2,1H3/t7?,8-/m1/s1. The normalized spacial score (nSPS) is 31.1. The van der Waals surface area contributed by atoms with Gasteiger partial charge in [-0.15, -0.1) is 0 Å². The smallest absolute Gasteiger partial charge is 0.0714 e. The number of rotatable bonds is 4. The van der Waals surface area contributed by atoms with E-state index in [2.05, 4.69) is 5.32 Å². The van der Waals surface area contributed by atoms with Gasteiger partial charge in [0, 0.05) is 25.8 Å². The minimum Gasteiger partial charge on any atom is -0.396 e. The summed E-state index contributed by atoms with van der Waals surface area (Å²) in [5.41, 5.74) is 0. The van der Waals surface area contributed by atoms with E-state index in [1.54, 1.807) is 0 Å². The Balaban J connectivity index is 2.12. The highest BCUT2D eigenvalue weighted by Gasteiger charge is 2.23. The molecule has 1 heterocycles. The minimum absolute atomic E-state index is 0.274. The Morgan fingerprint density at radius 3 is 3.09 bits per heavy atom. The van der Waals surface area contributed by atoms with E-state index in [0.29, 0.717) is 12.1 Å². The van der Waals surface area contributed by atoms with Crippen LogP contribution in [-0.4, -0.2) is 37.0 Å². The monoisotopic (exact) mass is 159 g/mol. The summed E-state index contributed by atoms with van der Waals surface area (Å²) in [5, 5.41) is 12.0. The van der Waals surface area contributed by atoms with Crippen LogP contribution in [0.4, 0.5) is 0 Å². The molecule has 0 aromatic carbocycles. The number of ether oxygens (including phenoxy) is 1. The quantitative estimate of drug-likeness (QED) is 0.613. The summed E-state index contributed by atoms with van der Waals surface area (Å²) in [6, 6.07) is 0.469. The zero-order valence-electron chi connectivity index (χ0n) is 7.05. The molecule has 0 saturated carbocycles. The van der Waals surface area contributed by atoms with Crippen LogP contribution in [0.25, 0.3) is 0 Å². The fraction of sp³-hybridized carbons (Fsp3) is 1.00. The van der Waals surface area contributed by atoms with Crippen LogP contribution in [0.1, 0.15) is 19.8 Å². The van der Waals surface area contributed by atoms with Crippen molar-refractivity contribution in [3.63, 3.8) is 0 Å². The van der Waals surface area contributed by atoms with Crippen LogP contribution in [0.5, 0.6) is 0 Å². The average molecular weight is 159 g/mol. The summed E-state index contributed by atoms with van der Waals surface area (Å²) >= 11 is 0. The molecule has 0 aromatic heterocycles. The van der Waals surface area contributed by atoms with Gasteiger partial charge in [0.2, 0.25) is 0 Å². The van der Waals surface area contributed by atoms with Crippen LogP contribution in [0.15, 0.2) is 0 Å². The van der Waals surface area contributed by atoms with E-state index in [1.165, 1.54) is 0 Å². The molecule has 1 aliphatic rings. The first-order valence-electron chi connectivity index (χ1n) is 4.32. The molecule has 1 rings (SSSR count). The van der Waals surface area contributed by atoms with Crippen LogP contribution in [0.2, 0.25) is 0 Å². The van der Waals surface area contributed by atoms with Crippen molar-refractivity contribution < 1.29 is 9.84 Å². The second-order valence-electron chi connectivity index (χ2n) is 2.93. The molecule has 3 heteroatoms. The minimum atomic E-state index is 0.274. The zero-order chi connectivity index (χ0) is 8.10. The Bertz CT molecular complexity index is 96.3. The molecule has 0 radical (unpaired) electrons. The Kier molecular flexibility index (Phi) is 3.83. The van der Waals surface area contributed by atoms with Gasteiger partial charge in [0.05, 0.1) is 6.10 Å². The molecule has 1 saturated heterocycles. The first-order chi connectivity index (χ1) is 5.36. The van der Waals surface area contributed by atoms with Crippen molar-refractivity contribution in [2.24, 2.45) is 0 Å². The molecule has 0 bridgehead atoms. The largest absolute Gasteiger partial charge is 0.396 e. The van der Waals surface area contributed by atoms with E-state index in [0.717, 1.165) is 26.0 Å². The van der Waals surface area contributed by atoms with E-state index in [1.807, 2.05) is 6.92 Å². The summed E-state index contributed by atoms with van der Waals surface area (Å²) in [4.78, 5) is 0. The van der Waals surface area contributed by atoms with Gasteiger partial charge in [-0.2, -0.15) is 0 Å². The summed E-state index contributed by atoms with van der Waals surface area (Å²) in [5.74, 6) is 0. The molecule has 66 valence electrons. The van der Waals surface area contributed by atoms with Gasteiger partial charge >= 0.3 is 0 Å². The molecule has 0 aromatic rings. The SMILES string of the molecule is CCO[C@H]1CNC(CCO)C1. The van der Waals surface area contributed by atoms with Crippen LogP contribution < -0.4 is 5.32 Å². The third-order valence-corrected chi connectivity index (χ3v) is 2.06. The van der Waals surface area contributed by atoms with Crippen molar-refractivity contribution in [2.75, 3.05) is 19.8 Å². The predicted molar refractivity (Wildman–Crippen MR) is 43.5 cm³/mol. The lowest BCUT2D eigenvalue weighted by Gasteiger charge is -2.08. The van der Waals surface area contributed by atoms with Crippen LogP contribution >= 0.6 is 0 Å². The van der Waals surface area contributed by atoms with Gasteiger partial charge in [-0.05, 0) is 19.8 Å². The van der Waals surface area contributed by atoms with Gasteiger partial charge in [0.1, 0.15) is 0 Å². The van der Waals surface area contributed by atoms with E-state index < -0.39 is 0 Å². The second-order valence-corrected chi connectivity index (χ2v) is 2.93. The van der Waals surface area contributed by atoms with Crippen molar-refractivity contribution in [3.05, 3.63) is 0 Å². The summed E-state index contributed by atoms with van der Waals surface area (Å²) in [6.45, 7) is 4.02. The van der Waals surface area contributed by atoms with Gasteiger partial charge in [-0.3, -0.25) is 0 Å². The molecule has 1 aliphatic heterocycles. The molecular weight excluding hydrogens is 142 g/mol. The lowest BCUT2D eigenvalue weighted by molar-refractivity contribution is 0.0751. The topological polar surface area (TPSA) is 41.5 Å². The van der Waals surface area contributed by atoms with Crippen molar-refractivity contribution in [1.29, 1.82) is 0 Å². The summed E-state index contributed by atoms with van der Waals surface area (Å²) in [6.07, 6.45) is 2.27. The lowest BCUT2D eigenvalue weighted by Crippen LogP contribution is -2.22.